The molecule has 0 aromatic carbocycles. The second-order valence-electron chi connectivity index (χ2n) is 8.38. The van der Waals surface area contributed by atoms with E-state index in [0.29, 0.717) is 38.8 Å². The maximum absolute atomic E-state index is 13.2. The Morgan fingerprint density at radius 3 is 2.31 bits per heavy atom. The molecule has 0 saturated carbocycles. The number of carbonyl (C=O) groups is 5. The van der Waals surface area contributed by atoms with Gasteiger partial charge in [0.2, 0.25) is 23.6 Å². The van der Waals surface area contributed by atoms with Crippen LogP contribution in [0.25, 0.3) is 0 Å². The summed E-state index contributed by atoms with van der Waals surface area (Å²) >= 11 is 0. The van der Waals surface area contributed by atoms with E-state index in [1.807, 2.05) is 0 Å². The van der Waals surface area contributed by atoms with Crippen molar-refractivity contribution in [2.45, 2.75) is 76.5 Å². The van der Waals surface area contributed by atoms with Crippen molar-refractivity contribution >= 4 is 29.6 Å². The lowest BCUT2D eigenvalue weighted by Crippen LogP contribution is -2.58. The second-order valence-corrected chi connectivity index (χ2v) is 8.38. The van der Waals surface area contributed by atoms with E-state index in [0.717, 1.165) is 0 Å². The van der Waals surface area contributed by atoms with Gasteiger partial charge in [0.1, 0.15) is 18.1 Å². The summed E-state index contributed by atoms with van der Waals surface area (Å²) in [5, 5.41) is 14.5. The van der Waals surface area contributed by atoms with Gasteiger partial charge in [0.25, 0.3) is 0 Å². The Labute approximate surface area is 187 Å². The molecular weight excluding hydrogens is 420 g/mol. The number of rotatable bonds is 13. The number of hydrogen-bond acceptors (Lipinski definition) is 7. The summed E-state index contributed by atoms with van der Waals surface area (Å²) in [6.07, 6.45) is 2.01. The molecule has 12 heteroatoms. The average molecular weight is 457 g/mol. The molecule has 182 valence electrons. The number of carboxylic acid groups (broad SMARTS) is 1. The van der Waals surface area contributed by atoms with E-state index in [1.54, 1.807) is 13.8 Å². The monoisotopic (exact) mass is 456 g/mol. The van der Waals surface area contributed by atoms with E-state index in [2.05, 4.69) is 10.6 Å². The smallest absolute Gasteiger partial charge is 0.326 e. The lowest BCUT2D eigenvalue weighted by atomic mass is 10.0. The Hall–Kier alpha value is -2.73. The molecule has 0 spiro atoms. The summed E-state index contributed by atoms with van der Waals surface area (Å²) in [5.74, 6) is -3.91. The standard InChI is InChI=1S/C20H36N6O6/c1-11(2)16(25-17(28)12(22)10-15(23)27)19(30)26-9-5-7-14(26)18(29)24-13(20(31)32)6-3-4-8-21/h11-14,16H,3-10,21-22H2,1-2H3,(H2,23,27)(H,24,29)(H,25,28)(H,31,32). The van der Waals surface area contributed by atoms with Gasteiger partial charge in [-0.05, 0) is 44.6 Å². The molecule has 0 radical (unpaired) electrons. The molecule has 9 N–H and O–H groups in total. The number of carbonyl (C=O) groups excluding carboxylic acids is 4. The van der Waals surface area contributed by atoms with Crippen LogP contribution in [0.4, 0.5) is 0 Å². The van der Waals surface area contributed by atoms with E-state index < -0.39 is 53.8 Å². The Kier molecular flexibility index (Phi) is 11.1. The first-order valence-electron chi connectivity index (χ1n) is 10.9. The fraction of sp³-hybridized carbons (Fsp3) is 0.750. The molecule has 1 fully saturated rings. The number of primary amides is 1. The first-order chi connectivity index (χ1) is 15.0. The predicted octanol–water partition coefficient (Wildman–Crippen LogP) is -1.98. The van der Waals surface area contributed by atoms with Gasteiger partial charge >= 0.3 is 5.97 Å². The van der Waals surface area contributed by atoms with Crippen LogP contribution in [0, 0.1) is 5.92 Å². The van der Waals surface area contributed by atoms with E-state index in [9.17, 15) is 29.1 Å². The van der Waals surface area contributed by atoms with Crippen LogP contribution in [0.5, 0.6) is 0 Å². The maximum Gasteiger partial charge on any atom is 0.326 e. The van der Waals surface area contributed by atoms with Crippen molar-refractivity contribution in [2.75, 3.05) is 13.1 Å². The molecule has 1 heterocycles. The largest absolute Gasteiger partial charge is 0.480 e. The lowest BCUT2D eigenvalue weighted by Gasteiger charge is -2.31. The van der Waals surface area contributed by atoms with Gasteiger partial charge in [-0.3, -0.25) is 19.2 Å². The zero-order valence-electron chi connectivity index (χ0n) is 18.7. The van der Waals surface area contributed by atoms with Gasteiger partial charge in [-0.2, -0.15) is 0 Å². The highest BCUT2D eigenvalue weighted by molar-refractivity contribution is 5.95. The van der Waals surface area contributed by atoms with Gasteiger partial charge in [0.05, 0.1) is 12.5 Å². The summed E-state index contributed by atoms with van der Waals surface area (Å²) in [7, 11) is 0. The third-order valence-electron chi connectivity index (χ3n) is 5.39. The van der Waals surface area contributed by atoms with Crippen LogP contribution in [-0.2, 0) is 24.0 Å². The maximum atomic E-state index is 13.2. The summed E-state index contributed by atoms with van der Waals surface area (Å²) in [6, 6.07) is -4.06. The van der Waals surface area contributed by atoms with Crippen LogP contribution in [-0.4, -0.2) is 76.9 Å². The predicted molar refractivity (Wildman–Crippen MR) is 116 cm³/mol. The first-order valence-corrected chi connectivity index (χ1v) is 10.9. The second kappa shape index (κ2) is 13.0. The number of carboxylic acids is 1. The number of likely N-dealkylation sites (tertiary alicyclic amines) is 1. The zero-order valence-corrected chi connectivity index (χ0v) is 18.7. The fourth-order valence-corrected chi connectivity index (χ4v) is 3.58. The third kappa shape index (κ3) is 8.08. The topological polar surface area (TPSA) is 211 Å². The van der Waals surface area contributed by atoms with Crippen LogP contribution in [0.15, 0.2) is 0 Å². The average Bonchev–Trinajstić information content (AvgIpc) is 3.19. The van der Waals surface area contributed by atoms with Crippen LogP contribution in [0.1, 0.15) is 52.4 Å². The molecule has 1 aliphatic heterocycles. The summed E-state index contributed by atoms with van der Waals surface area (Å²) < 4.78 is 0. The Bertz CT molecular complexity index is 700. The minimum absolute atomic E-state index is 0.237. The first kappa shape index (κ1) is 27.3. The van der Waals surface area contributed by atoms with Crippen LogP contribution >= 0.6 is 0 Å². The van der Waals surface area contributed by atoms with Crippen molar-refractivity contribution in [3.8, 4) is 0 Å². The zero-order chi connectivity index (χ0) is 24.4. The fourth-order valence-electron chi connectivity index (χ4n) is 3.58. The van der Waals surface area contributed by atoms with E-state index >= 15 is 0 Å². The van der Waals surface area contributed by atoms with E-state index in [4.69, 9.17) is 17.2 Å². The van der Waals surface area contributed by atoms with E-state index in [1.165, 1.54) is 4.90 Å². The summed E-state index contributed by atoms with van der Waals surface area (Å²) in [6.45, 7) is 4.18. The number of amides is 4. The molecule has 12 nitrogen and oxygen atoms in total. The number of nitrogens with two attached hydrogens (primary N) is 3. The minimum atomic E-state index is -1.19. The molecule has 1 rings (SSSR count). The quantitative estimate of drug-likeness (QED) is 0.170. The van der Waals surface area contributed by atoms with Crippen molar-refractivity contribution in [1.82, 2.24) is 15.5 Å². The van der Waals surface area contributed by atoms with Gasteiger partial charge < -0.3 is 37.8 Å². The highest BCUT2D eigenvalue weighted by Gasteiger charge is 2.40. The van der Waals surface area contributed by atoms with Crippen molar-refractivity contribution < 1.29 is 29.1 Å². The molecule has 32 heavy (non-hydrogen) atoms. The Morgan fingerprint density at radius 2 is 1.78 bits per heavy atom. The van der Waals surface area contributed by atoms with Gasteiger partial charge in [-0.1, -0.05) is 13.8 Å². The SMILES string of the molecule is CC(C)C(NC(=O)C(N)CC(N)=O)C(=O)N1CCCC1C(=O)NC(CCCCN)C(=O)O. The van der Waals surface area contributed by atoms with Crippen LogP contribution in [0.2, 0.25) is 0 Å². The normalized spacial score (nSPS) is 18.7. The summed E-state index contributed by atoms with van der Waals surface area (Å²) in [4.78, 5) is 62.2. The van der Waals surface area contributed by atoms with Gasteiger partial charge in [-0.25, -0.2) is 4.79 Å². The molecule has 0 aromatic rings. The highest BCUT2D eigenvalue weighted by atomic mass is 16.4. The number of unbranched alkanes of at least 4 members (excludes halogenated alkanes) is 1. The third-order valence-corrected chi connectivity index (χ3v) is 5.39. The van der Waals surface area contributed by atoms with Crippen LogP contribution in [0.3, 0.4) is 0 Å². The van der Waals surface area contributed by atoms with Crippen molar-refractivity contribution in [3.05, 3.63) is 0 Å². The van der Waals surface area contributed by atoms with Gasteiger partial charge in [0, 0.05) is 6.54 Å². The molecular formula is C20H36N6O6. The molecule has 0 aromatic heterocycles. The Balaban J connectivity index is 2.87. The van der Waals surface area contributed by atoms with Crippen molar-refractivity contribution in [3.63, 3.8) is 0 Å². The Morgan fingerprint density at radius 1 is 1.12 bits per heavy atom. The molecule has 1 aliphatic rings. The minimum Gasteiger partial charge on any atom is -0.480 e. The van der Waals surface area contributed by atoms with Gasteiger partial charge in [0.15, 0.2) is 0 Å². The number of nitrogens with one attached hydrogen (secondary N) is 2. The highest BCUT2D eigenvalue weighted by Crippen LogP contribution is 2.21. The molecule has 4 amide bonds. The molecule has 4 unspecified atom stereocenters. The number of aliphatic carboxylic acids is 1. The lowest BCUT2D eigenvalue weighted by molar-refractivity contribution is -0.145. The van der Waals surface area contributed by atoms with Crippen molar-refractivity contribution in [2.24, 2.45) is 23.1 Å². The van der Waals surface area contributed by atoms with E-state index in [-0.39, 0.29) is 18.8 Å². The van der Waals surface area contributed by atoms with Gasteiger partial charge in [-0.15, -0.1) is 0 Å². The number of hydrogen-bond donors (Lipinski definition) is 6. The summed E-state index contributed by atoms with van der Waals surface area (Å²) in [5.41, 5.74) is 16.2. The molecule has 4 atom stereocenters. The molecule has 1 saturated heterocycles. The molecule has 0 aliphatic carbocycles. The number of nitrogens with zero attached hydrogens (tertiary/aromatic N) is 1. The van der Waals surface area contributed by atoms with Crippen molar-refractivity contribution in [1.29, 1.82) is 0 Å². The molecule has 0 bridgehead atoms. The van der Waals surface area contributed by atoms with Crippen LogP contribution < -0.4 is 27.8 Å².